The molecule has 0 bridgehead atoms. The number of rotatable bonds is 3. The number of hydrogen-bond acceptors (Lipinski definition) is 2. The van der Waals surface area contributed by atoms with Crippen LogP contribution in [0.1, 0.15) is 31.4 Å². The maximum atomic E-state index is 13.4. The van der Waals surface area contributed by atoms with Gasteiger partial charge in [-0.2, -0.15) is 0 Å². The van der Waals surface area contributed by atoms with Crippen molar-refractivity contribution in [1.29, 1.82) is 0 Å². The first-order valence-corrected chi connectivity index (χ1v) is 5.43. The van der Waals surface area contributed by atoms with Gasteiger partial charge >= 0.3 is 0 Å². The van der Waals surface area contributed by atoms with Gasteiger partial charge in [-0.05, 0) is 25.8 Å². The second-order valence-electron chi connectivity index (χ2n) is 4.34. The third kappa shape index (κ3) is 2.36. The van der Waals surface area contributed by atoms with Gasteiger partial charge in [-0.1, -0.05) is 18.2 Å². The molecule has 1 aliphatic rings. The number of nitrogens with one attached hydrogen (secondary N) is 1. The summed E-state index contributed by atoms with van der Waals surface area (Å²) < 4.78 is 13.4. The maximum Gasteiger partial charge on any atom is 0.127 e. The molecule has 1 aromatic rings. The summed E-state index contributed by atoms with van der Waals surface area (Å²) in [4.78, 5) is 0. The standard InChI is InChI=1S/C12H17FN2/c1-8(15-10-6-9(14)7-10)11-4-2-3-5-12(11)13/h2-5,8-10,15H,6-7,14H2,1H3. The van der Waals surface area contributed by atoms with Gasteiger partial charge in [-0.3, -0.25) is 0 Å². The fourth-order valence-electron chi connectivity index (χ4n) is 2.07. The third-order valence-electron chi connectivity index (χ3n) is 3.03. The average molecular weight is 208 g/mol. The largest absolute Gasteiger partial charge is 0.328 e. The molecule has 0 amide bonds. The lowest BCUT2D eigenvalue weighted by Gasteiger charge is -2.35. The molecule has 1 unspecified atom stereocenters. The van der Waals surface area contributed by atoms with Gasteiger partial charge in [0, 0.05) is 23.7 Å². The lowest BCUT2D eigenvalue weighted by molar-refractivity contribution is 0.270. The minimum atomic E-state index is -0.138. The Bertz CT molecular complexity index is 334. The van der Waals surface area contributed by atoms with E-state index in [0.29, 0.717) is 12.1 Å². The van der Waals surface area contributed by atoms with Crippen molar-refractivity contribution < 1.29 is 4.39 Å². The molecule has 2 nitrogen and oxygen atoms in total. The summed E-state index contributed by atoms with van der Waals surface area (Å²) >= 11 is 0. The van der Waals surface area contributed by atoms with Gasteiger partial charge in [0.05, 0.1) is 0 Å². The van der Waals surface area contributed by atoms with E-state index in [1.165, 1.54) is 6.07 Å². The molecule has 3 heteroatoms. The van der Waals surface area contributed by atoms with Crippen molar-refractivity contribution in [2.75, 3.05) is 0 Å². The Morgan fingerprint density at radius 3 is 2.67 bits per heavy atom. The van der Waals surface area contributed by atoms with Crippen molar-refractivity contribution in [1.82, 2.24) is 5.32 Å². The van der Waals surface area contributed by atoms with Crippen molar-refractivity contribution >= 4 is 0 Å². The lowest BCUT2D eigenvalue weighted by atomic mass is 9.87. The van der Waals surface area contributed by atoms with Gasteiger partial charge in [0.2, 0.25) is 0 Å². The summed E-state index contributed by atoms with van der Waals surface area (Å²) in [5.41, 5.74) is 6.43. The summed E-state index contributed by atoms with van der Waals surface area (Å²) in [6.45, 7) is 1.99. The van der Waals surface area contributed by atoms with Gasteiger partial charge in [-0.15, -0.1) is 0 Å². The smallest absolute Gasteiger partial charge is 0.127 e. The Balaban J connectivity index is 1.96. The molecule has 1 aromatic carbocycles. The molecule has 2 rings (SSSR count). The molecule has 1 aliphatic carbocycles. The molecule has 82 valence electrons. The lowest BCUT2D eigenvalue weighted by Crippen LogP contribution is -2.49. The van der Waals surface area contributed by atoms with Crippen LogP contribution in [-0.4, -0.2) is 12.1 Å². The first-order chi connectivity index (χ1) is 7.16. The summed E-state index contributed by atoms with van der Waals surface area (Å²) in [6, 6.07) is 7.74. The van der Waals surface area contributed by atoms with E-state index in [1.54, 1.807) is 6.07 Å². The number of benzene rings is 1. The van der Waals surface area contributed by atoms with Crippen LogP contribution in [0.2, 0.25) is 0 Å². The molecular formula is C12H17FN2. The maximum absolute atomic E-state index is 13.4. The van der Waals surface area contributed by atoms with E-state index in [2.05, 4.69) is 5.32 Å². The predicted octanol–water partition coefficient (Wildman–Crippen LogP) is 1.97. The van der Waals surface area contributed by atoms with Crippen molar-refractivity contribution in [2.45, 2.75) is 37.9 Å². The molecule has 0 radical (unpaired) electrons. The van der Waals surface area contributed by atoms with Crippen LogP contribution in [0.4, 0.5) is 4.39 Å². The Morgan fingerprint density at radius 2 is 2.07 bits per heavy atom. The molecular weight excluding hydrogens is 191 g/mol. The first kappa shape index (κ1) is 10.6. The van der Waals surface area contributed by atoms with E-state index < -0.39 is 0 Å². The van der Waals surface area contributed by atoms with Gasteiger partial charge in [0.25, 0.3) is 0 Å². The monoisotopic (exact) mass is 208 g/mol. The van der Waals surface area contributed by atoms with Crippen LogP contribution in [-0.2, 0) is 0 Å². The van der Waals surface area contributed by atoms with E-state index in [1.807, 2.05) is 19.1 Å². The number of hydrogen-bond donors (Lipinski definition) is 2. The van der Waals surface area contributed by atoms with E-state index >= 15 is 0 Å². The van der Waals surface area contributed by atoms with Crippen LogP contribution in [0.3, 0.4) is 0 Å². The van der Waals surface area contributed by atoms with Gasteiger partial charge in [-0.25, -0.2) is 4.39 Å². The zero-order valence-corrected chi connectivity index (χ0v) is 8.91. The number of halogens is 1. The van der Waals surface area contributed by atoms with Crippen LogP contribution in [0.25, 0.3) is 0 Å². The summed E-state index contributed by atoms with van der Waals surface area (Å²) in [6.07, 6.45) is 2.00. The van der Waals surface area contributed by atoms with Gasteiger partial charge in [0.15, 0.2) is 0 Å². The quantitative estimate of drug-likeness (QED) is 0.797. The average Bonchev–Trinajstić information content (AvgIpc) is 2.16. The van der Waals surface area contributed by atoms with E-state index in [0.717, 1.165) is 18.4 Å². The van der Waals surface area contributed by atoms with Crippen LogP contribution in [0.15, 0.2) is 24.3 Å². The highest BCUT2D eigenvalue weighted by Gasteiger charge is 2.27. The predicted molar refractivity (Wildman–Crippen MR) is 58.9 cm³/mol. The molecule has 0 saturated heterocycles. The molecule has 0 aliphatic heterocycles. The van der Waals surface area contributed by atoms with E-state index in [-0.39, 0.29) is 11.9 Å². The van der Waals surface area contributed by atoms with Crippen molar-refractivity contribution in [2.24, 2.45) is 5.73 Å². The fraction of sp³-hybridized carbons (Fsp3) is 0.500. The molecule has 0 heterocycles. The molecule has 1 saturated carbocycles. The second-order valence-corrected chi connectivity index (χ2v) is 4.34. The van der Waals surface area contributed by atoms with Crippen molar-refractivity contribution in [3.8, 4) is 0 Å². The molecule has 15 heavy (non-hydrogen) atoms. The van der Waals surface area contributed by atoms with Crippen LogP contribution in [0, 0.1) is 5.82 Å². The zero-order chi connectivity index (χ0) is 10.8. The normalized spacial score (nSPS) is 27.1. The van der Waals surface area contributed by atoms with Crippen LogP contribution >= 0.6 is 0 Å². The SMILES string of the molecule is CC(NC1CC(N)C1)c1ccccc1F. The molecule has 0 aromatic heterocycles. The minimum absolute atomic E-state index is 0.0590. The third-order valence-corrected chi connectivity index (χ3v) is 3.03. The Kier molecular flexibility index (Phi) is 3.03. The van der Waals surface area contributed by atoms with E-state index in [4.69, 9.17) is 5.73 Å². The minimum Gasteiger partial charge on any atom is -0.328 e. The number of nitrogens with two attached hydrogens (primary N) is 1. The van der Waals surface area contributed by atoms with Crippen molar-refractivity contribution in [3.63, 3.8) is 0 Å². The van der Waals surface area contributed by atoms with E-state index in [9.17, 15) is 4.39 Å². The van der Waals surface area contributed by atoms with Crippen LogP contribution in [0.5, 0.6) is 0 Å². The summed E-state index contributed by atoms with van der Waals surface area (Å²) in [5, 5.41) is 3.38. The topological polar surface area (TPSA) is 38.0 Å². The van der Waals surface area contributed by atoms with Gasteiger partial charge in [0.1, 0.15) is 5.82 Å². The molecule has 1 fully saturated rings. The Hall–Kier alpha value is -0.930. The fourth-order valence-corrected chi connectivity index (χ4v) is 2.07. The second kappa shape index (κ2) is 4.29. The zero-order valence-electron chi connectivity index (χ0n) is 8.91. The van der Waals surface area contributed by atoms with Gasteiger partial charge < -0.3 is 11.1 Å². The highest BCUT2D eigenvalue weighted by molar-refractivity contribution is 5.20. The summed E-state index contributed by atoms with van der Waals surface area (Å²) in [5.74, 6) is -0.138. The molecule has 3 N–H and O–H groups in total. The van der Waals surface area contributed by atoms with Crippen LogP contribution < -0.4 is 11.1 Å². The molecule has 0 spiro atoms. The molecule has 1 atom stereocenters. The first-order valence-electron chi connectivity index (χ1n) is 5.43. The Morgan fingerprint density at radius 1 is 1.40 bits per heavy atom. The Labute approximate surface area is 89.7 Å². The van der Waals surface area contributed by atoms with Crippen molar-refractivity contribution in [3.05, 3.63) is 35.6 Å². The summed E-state index contributed by atoms with van der Waals surface area (Å²) in [7, 11) is 0. The highest BCUT2D eigenvalue weighted by atomic mass is 19.1. The highest BCUT2D eigenvalue weighted by Crippen LogP contribution is 2.23.